The summed E-state index contributed by atoms with van der Waals surface area (Å²) in [6.45, 7) is 11.3. The van der Waals surface area contributed by atoms with E-state index in [1.165, 1.54) is 44.9 Å². The van der Waals surface area contributed by atoms with Crippen LogP contribution in [-0.4, -0.2) is 65.4 Å². The fraction of sp³-hybridized carbons (Fsp3) is 0.962. The normalized spacial score (nSPS) is 12.2. The van der Waals surface area contributed by atoms with Gasteiger partial charge in [0.15, 0.2) is 0 Å². The Labute approximate surface area is 198 Å². The van der Waals surface area contributed by atoms with E-state index in [1.807, 2.05) is 6.92 Å². The van der Waals surface area contributed by atoms with E-state index in [9.17, 15) is 4.79 Å². The van der Waals surface area contributed by atoms with Crippen LogP contribution < -0.4 is 0 Å². The van der Waals surface area contributed by atoms with Gasteiger partial charge < -0.3 is 23.7 Å². The topological polar surface area (TPSA) is 63.2 Å². The lowest BCUT2D eigenvalue weighted by molar-refractivity contribution is -0.150. The maximum absolute atomic E-state index is 12.0. The molecule has 0 radical (unpaired) electrons. The zero-order valence-corrected chi connectivity index (χ0v) is 21.4. The Morgan fingerprint density at radius 3 is 1.47 bits per heavy atom. The van der Waals surface area contributed by atoms with Crippen LogP contribution in [-0.2, 0) is 28.5 Å². The van der Waals surface area contributed by atoms with Crippen molar-refractivity contribution in [1.29, 1.82) is 0 Å². The number of carbonyl (C=O) groups excluding carboxylic acids is 1. The highest BCUT2D eigenvalue weighted by Crippen LogP contribution is 2.14. The molecule has 6 heteroatoms. The third-order valence-corrected chi connectivity index (χ3v) is 5.46. The van der Waals surface area contributed by atoms with Crippen molar-refractivity contribution in [2.45, 2.75) is 97.8 Å². The van der Waals surface area contributed by atoms with E-state index < -0.39 is 0 Å². The van der Waals surface area contributed by atoms with Crippen molar-refractivity contribution < 1.29 is 28.5 Å². The molecule has 0 amide bonds. The van der Waals surface area contributed by atoms with Gasteiger partial charge in [-0.1, -0.05) is 78.6 Å². The largest absolute Gasteiger partial charge is 0.463 e. The van der Waals surface area contributed by atoms with Crippen LogP contribution in [0.15, 0.2) is 0 Å². The Balaban J connectivity index is 3.20. The van der Waals surface area contributed by atoms with Crippen molar-refractivity contribution in [2.75, 3.05) is 59.5 Å². The van der Waals surface area contributed by atoms with E-state index >= 15 is 0 Å². The van der Waals surface area contributed by atoms with Crippen LogP contribution in [0.3, 0.4) is 0 Å². The molecule has 1 atom stereocenters. The van der Waals surface area contributed by atoms with Crippen LogP contribution in [0.1, 0.15) is 97.8 Å². The second-order valence-electron chi connectivity index (χ2n) is 8.34. The summed E-state index contributed by atoms with van der Waals surface area (Å²) in [6, 6.07) is 0. The predicted octanol–water partition coefficient (Wildman–Crippen LogP) is 5.95. The minimum absolute atomic E-state index is 0.0220. The highest BCUT2D eigenvalue weighted by atomic mass is 16.6. The summed E-state index contributed by atoms with van der Waals surface area (Å²) >= 11 is 0. The first-order valence-corrected chi connectivity index (χ1v) is 13.2. The van der Waals surface area contributed by atoms with Gasteiger partial charge in [-0.05, 0) is 19.3 Å². The number of rotatable bonds is 26. The summed E-state index contributed by atoms with van der Waals surface area (Å²) in [4.78, 5) is 12.0. The second-order valence-corrected chi connectivity index (χ2v) is 8.34. The molecule has 0 aliphatic rings. The molecule has 6 nitrogen and oxygen atoms in total. The average molecular weight is 461 g/mol. The average Bonchev–Trinajstić information content (AvgIpc) is 2.80. The van der Waals surface area contributed by atoms with Crippen LogP contribution in [0.25, 0.3) is 0 Å². The maximum atomic E-state index is 12.0. The van der Waals surface area contributed by atoms with E-state index in [-0.39, 0.29) is 11.9 Å². The second kappa shape index (κ2) is 26.6. The van der Waals surface area contributed by atoms with Gasteiger partial charge in [0.2, 0.25) is 0 Å². The Bertz CT molecular complexity index is 377. The minimum atomic E-state index is -0.0975. The zero-order valence-electron chi connectivity index (χ0n) is 21.4. The maximum Gasteiger partial charge on any atom is 0.308 e. The molecule has 0 aromatic carbocycles. The van der Waals surface area contributed by atoms with Crippen LogP contribution in [0.4, 0.5) is 0 Å². The van der Waals surface area contributed by atoms with Crippen molar-refractivity contribution in [3.05, 3.63) is 0 Å². The molecule has 0 saturated heterocycles. The molecule has 0 aromatic rings. The number of hydrogen-bond donors (Lipinski definition) is 0. The van der Waals surface area contributed by atoms with Gasteiger partial charge in [0.1, 0.15) is 6.61 Å². The van der Waals surface area contributed by atoms with Gasteiger partial charge >= 0.3 is 5.97 Å². The first-order chi connectivity index (χ1) is 15.8. The Morgan fingerprint density at radius 2 is 0.969 bits per heavy atom. The lowest BCUT2D eigenvalue weighted by Crippen LogP contribution is -2.20. The molecule has 32 heavy (non-hydrogen) atoms. The molecule has 0 aliphatic carbocycles. The molecule has 1 unspecified atom stereocenters. The molecule has 0 rings (SSSR count). The van der Waals surface area contributed by atoms with Crippen LogP contribution in [0.2, 0.25) is 0 Å². The van der Waals surface area contributed by atoms with E-state index in [4.69, 9.17) is 23.7 Å². The van der Waals surface area contributed by atoms with Crippen molar-refractivity contribution in [2.24, 2.45) is 5.92 Å². The highest BCUT2D eigenvalue weighted by molar-refractivity contribution is 5.72. The monoisotopic (exact) mass is 460 g/mol. The van der Waals surface area contributed by atoms with E-state index in [1.54, 1.807) is 0 Å². The SMILES string of the molecule is CCCCCCCCCCOCCOCCOCCOCCOC(=O)C(CC)CCCC. The highest BCUT2D eigenvalue weighted by Gasteiger charge is 2.16. The van der Waals surface area contributed by atoms with Gasteiger partial charge in [-0.3, -0.25) is 4.79 Å². The molecule has 0 fully saturated rings. The van der Waals surface area contributed by atoms with Crippen LogP contribution in [0, 0.1) is 5.92 Å². The van der Waals surface area contributed by atoms with Gasteiger partial charge in [0.25, 0.3) is 0 Å². The Morgan fingerprint density at radius 1 is 0.531 bits per heavy atom. The number of unbranched alkanes of at least 4 members (excludes halogenated alkanes) is 8. The summed E-state index contributed by atoms with van der Waals surface area (Å²) in [5.74, 6) is -0.0754. The fourth-order valence-electron chi connectivity index (χ4n) is 3.36. The molecule has 0 saturated carbocycles. The minimum Gasteiger partial charge on any atom is -0.463 e. The zero-order chi connectivity index (χ0) is 23.5. The van der Waals surface area contributed by atoms with Crippen LogP contribution in [0.5, 0.6) is 0 Å². The smallest absolute Gasteiger partial charge is 0.308 e. The molecule has 192 valence electrons. The molecule has 0 bridgehead atoms. The first-order valence-electron chi connectivity index (χ1n) is 13.2. The van der Waals surface area contributed by atoms with Gasteiger partial charge in [0, 0.05) is 6.61 Å². The van der Waals surface area contributed by atoms with Gasteiger partial charge in [-0.2, -0.15) is 0 Å². The summed E-state index contributed by atoms with van der Waals surface area (Å²) in [6.07, 6.45) is 14.5. The summed E-state index contributed by atoms with van der Waals surface area (Å²) in [5, 5.41) is 0. The van der Waals surface area contributed by atoms with Crippen molar-refractivity contribution >= 4 is 5.97 Å². The molecular weight excluding hydrogens is 408 g/mol. The third-order valence-electron chi connectivity index (χ3n) is 5.46. The summed E-state index contributed by atoms with van der Waals surface area (Å²) in [7, 11) is 0. The lowest BCUT2D eigenvalue weighted by Gasteiger charge is -2.13. The van der Waals surface area contributed by atoms with Gasteiger partial charge in [0.05, 0.1) is 52.2 Å². The van der Waals surface area contributed by atoms with Crippen molar-refractivity contribution in [3.8, 4) is 0 Å². The number of esters is 1. The molecule has 0 N–H and O–H groups in total. The number of carbonyl (C=O) groups is 1. The van der Waals surface area contributed by atoms with E-state index in [2.05, 4.69) is 13.8 Å². The van der Waals surface area contributed by atoms with Gasteiger partial charge in [-0.15, -0.1) is 0 Å². The number of hydrogen-bond acceptors (Lipinski definition) is 6. The third kappa shape index (κ3) is 22.5. The van der Waals surface area contributed by atoms with Gasteiger partial charge in [-0.25, -0.2) is 0 Å². The molecule has 0 aliphatic heterocycles. The molecule has 0 heterocycles. The molecule has 0 spiro atoms. The molecule has 0 aromatic heterocycles. The first kappa shape index (κ1) is 31.3. The lowest BCUT2D eigenvalue weighted by atomic mass is 10.00. The van der Waals surface area contributed by atoms with Crippen LogP contribution >= 0.6 is 0 Å². The predicted molar refractivity (Wildman–Crippen MR) is 130 cm³/mol. The number of ether oxygens (including phenoxy) is 5. The molecular formula is C26H52O6. The Hall–Kier alpha value is -0.690. The van der Waals surface area contributed by atoms with E-state index in [0.717, 1.165) is 38.7 Å². The standard InChI is InChI=1S/C26H52O6/c1-4-7-9-10-11-12-13-14-16-28-17-18-29-19-20-30-21-22-31-23-24-32-26(27)25(6-3)15-8-5-2/h25H,4-24H2,1-3H3. The Kier molecular flexibility index (Phi) is 26.0. The van der Waals surface area contributed by atoms with E-state index in [0.29, 0.717) is 52.9 Å². The summed E-state index contributed by atoms with van der Waals surface area (Å²) in [5.41, 5.74) is 0. The summed E-state index contributed by atoms with van der Waals surface area (Å²) < 4.78 is 27.3. The van der Waals surface area contributed by atoms with Crippen molar-refractivity contribution in [3.63, 3.8) is 0 Å². The quantitative estimate of drug-likeness (QED) is 0.117. The van der Waals surface area contributed by atoms with Crippen molar-refractivity contribution in [1.82, 2.24) is 0 Å². The fourth-order valence-corrected chi connectivity index (χ4v) is 3.36.